The number of carbonyl (C=O) groups is 2. The number of anilines is 1. The quantitative estimate of drug-likeness (QED) is 0.159. The zero-order valence-electron chi connectivity index (χ0n) is 30.9. The first kappa shape index (κ1) is 34.2. The van der Waals surface area contributed by atoms with Crippen molar-refractivity contribution in [3.63, 3.8) is 0 Å². The van der Waals surface area contributed by atoms with Crippen LogP contribution in [0.1, 0.15) is 31.8 Å². The van der Waals surface area contributed by atoms with Crippen LogP contribution in [0.15, 0.2) is 182 Å². The maximum absolute atomic E-state index is 15.2. The van der Waals surface area contributed by atoms with Crippen molar-refractivity contribution < 1.29 is 9.59 Å². The molecule has 0 bridgehead atoms. The van der Waals surface area contributed by atoms with Gasteiger partial charge in [-0.05, 0) is 94.0 Å². The van der Waals surface area contributed by atoms with Crippen LogP contribution in [0.2, 0.25) is 0 Å². The van der Waals surface area contributed by atoms with E-state index < -0.39 is 5.91 Å². The summed E-state index contributed by atoms with van der Waals surface area (Å²) in [6.07, 6.45) is 0. The van der Waals surface area contributed by atoms with E-state index in [0.29, 0.717) is 33.6 Å². The van der Waals surface area contributed by atoms with Gasteiger partial charge < -0.3 is 4.57 Å². The van der Waals surface area contributed by atoms with E-state index in [-0.39, 0.29) is 5.91 Å². The molecule has 0 saturated carbocycles. The van der Waals surface area contributed by atoms with Crippen LogP contribution in [-0.2, 0) is 0 Å². The lowest BCUT2D eigenvalue weighted by Gasteiger charge is -2.23. The number of rotatable bonds is 6. The number of nitrogens with zero attached hydrogens (tertiary/aromatic N) is 4. The van der Waals surface area contributed by atoms with Gasteiger partial charge in [0.25, 0.3) is 11.8 Å². The van der Waals surface area contributed by atoms with Gasteiger partial charge in [0.2, 0.25) is 0 Å². The molecular formula is C52H30N4O2. The maximum Gasteiger partial charge on any atom is 0.268 e. The molecule has 0 fully saturated rings. The number of amides is 2. The fraction of sp³-hybridized carbons (Fsp3) is 0. The maximum atomic E-state index is 15.2. The molecule has 2 amide bonds. The standard InChI is InChI=1S/C52H30N4O2/c53-31-33-17-21-35(22-18-33)39-25-27-46-44(29-39)45-30-40(36-23-19-34(32-54)20-24-36)26-28-47(45)55(46)48-16-8-15-43-49(48)52(58)56(51(43)57)50-41(37-9-3-1-4-10-37)13-7-14-42(50)38-11-5-2-6-12-38/h1-30H. The fourth-order valence-corrected chi connectivity index (χ4v) is 8.26. The second-order valence-corrected chi connectivity index (χ2v) is 14.3. The Labute approximate surface area is 334 Å². The van der Waals surface area contributed by atoms with Crippen molar-refractivity contribution in [2.24, 2.45) is 0 Å². The normalized spacial score (nSPS) is 12.1. The van der Waals surface area contributed by atoms with E-state index in [9.17, 15) is 15.3 Å². The van der Waals surface area contributed by atoms with Gasteiger partial charge >= 0.3 is 0 Å². The summed E-state index contributed by atoms with van der Waals surface area (Å²) in [5.74, 6) is -0.774. The Bertz CT molecular complexity index is 3030. The highest BCUT2D eigenvalue weighted by molar-refractivity contribution is 6.37. The van der Waals surface area contributed by atoms with E-state index in [2.05, 4.69) is 41.0 Å². The van der Waals surface area contributed by atoms with Gasteiger partial charge in [-0.2, -0.15) is 10.5 Å². The summed E-state index contributed by atoms with van der Waals surface area (Å²) in [6.45, 7) is 0. The van der Waals surface area contributed by atoms with E-state index in [1.807, 2.05) is 152 Å². The Balaban J connectivity index is 1.19. The number of hydrogen-bond acceptors (Lipinski definition) is 4. The number of para-hydroxylation sites is 1. The van der Waals surface area contributed by atoms with Crippen molar-refractivity contribution >= 4 is 39.3 Å². The number of benzene rings is 8. The molecule has 58 heavy (non-hydrogen) atoms. The molecular weight excluding hydrogens is 713 g/mol. The van der Waals surface area contributed by atoms with Crippen molar-refractivity contribution in [3.05, 3.63) is 204 Å². The minimum Gasteiger partial charge on any atom is -0.308 e. The minimum atomic E-state index is -0.394. The largest absolute Gasteiger partial charge is 0.308 e. The van der Waals surface area contributed by atoms with Crippen LogP contribution >= 0.6 is 0 Å². The molecule has 0 spiro atoms. The Morgan fingerprint density at radius 2 is 0.845 bits per heavy atom. The molecule has 2 heterocycles. The number of imide groups is 1. The average molecular weight is 743 g/mol. The molecule has 270 valence electrons. The van der Waals surface area contributed by atoms with Gasteiger partial charge in [0, 0.05) is 21.9 Å². The second-order valence-electron chi connectivity index (χ2n) is 14.3. The first-order valence-corrected chi connectivity index (χ1v) is 18.9. The van der Waals surface area contributed by atoms with Crippen molar-refractivity contribution in [2.45, 2.75) is 0 Å². The van der Waals surface area contributed by atoms with Crippen LogP contribution in [-0.4, -0.2) is 16.4 Å². The van der Waals surface area contributed by atoms with Crippen molar-refractivity contribution in [1.82, 2.24) is 4.57 Å². The van der Waals surface area contributed by atoms with Gasteiger partial charge in [0.15, 0.2) is 0 Å². The van der Waals surface area contributed by atoms with Crippen LogP contribution in [0, 0.1) is 22.7 Å². The molecule has 6 heteroatoms. The highest BCUT2D eigenvalue weighted by Gasteiger charge is 2.41. The van der Waals surface area contributed by atoms with Crippen molar-refractivity contribution in [3.8, 4) is 62.3 Å². The van der Waals surface area contributed by atoms with Crippen LogP contribution in [0.3, 0.4) is 0 Å². The zero-order chi connectivity index (χ0) is 39.3. The summed E-state index contributed by atoms with van der Waals surface area (Å²) in [5, 5.41) is 20.7. The number of nitriles is 2. The van der Waals surface area contributed by atoms with Gasteiger partial charge in [-0.15, -0.1) is 0 Å². The first-order valence-electron chi connectivity index (χ1n) is 18.9. The summed E-state index contributed by atoms with van der Waals surface area (Å²) in [6, 6.07) is 63.0. The Morgan fingerprint density at radius 3 is 1.33 bits per heavy atom. The minimum absolute atomic E-state index is 0.334. The lowest BCUT2D eigenvalue weighted by molar-refractivity contribution is 0.0926. The molecule has 6 nitrogen and oxygen atoms in total. The van der Waals surface area contributed by atoms with Crippen LogP contribution in [0.25, 0.3) is 72.0 Å². The lowest BCUT2D eigenvalue weighted by Crippen LogP contribution is -2.30. The third-order valence-corrected chi connectivity index (χ3v) is 11.0. The Kier molecular flexibility index (Phi) is 8.11. The summed E-state index contributed by atoms with van der Waals surface area (Å²) in [7, 11) is 0. The monoisotopic (exact) mass is 742 g/mol. The molecule has 1 aliphatic heterocycles. The average Bonchev–Trinajstić information content (AvgIpc) is 3.75. The number of carbonyl (C=O) groups excluding carboxylic acids is 2. The lowest BCUT2D eigenvalue weighted by atomic mass is 9.95. The van der Waals surface area contributed by atoms with Gasteiger partial charge in [-0.25, -0.2) is 4.90 Å². The smallest absolute Gasteiger partial charge is 0.268 e. The third-order valence-electron chi connectivity index (χ3n) is 11.0. The summed E-state index contributed by atoms with van der Waals surface area (Å²) in [5.41, 5.74) is 11.9. The molecule has 0 radical (unpaired) electrons. The molecule has 0 atom stereocenters. The van der Waals surface area contributed by atoms with Crippen molar-refractivity contribution in [2.75, 3.05) is 4.90 Å². The highest BCUT2D eigenvalue weighted by atomic mass is 16.2. The topological polar surface area (TPSA) is 89.9 Å². The van der Waals surface area contributed by atoms with Crippen molar-refractivity contribution in [1.29, 1.82) is 10.5 Å². The molecule has 8 aromatic carbocycles. The molecule has 1 aliphatic rings. The highest BCUT2D eigenvalue weighted by Crippen LogP contribution is 2.45. The molecule has 10 rings (SSSR count). The third kappa shape index (κ3) is 5.48. The fourth-order valence-electron chi connectivity index (χ4n) is 8.26. The van der Waals surface area contributed by atoms with E-state index in [0.717, 1.165) is 66.3 Å². The van der Waals surface area contributed by atoms with Gasteiger partial charge in [0.1, 0.15) is 0 Å². The van der Waals surface area contributed by atoms with E-state index in [1.54, 1.807) is 6.07 Å². The number of hydrogen-bond donors (Lipinski definition) is 0. The summed E-state index contributed by atoms with van der Waals surface area (Å²) >= 11 is 0. The summed E-state index contributed by atoms with van der Waals surface area (Å²) < 4.78 is 2.09. The molecule has 1 aromatic heterocycles. The van der Waals surface area contributed by atoms with Gasteiger partial charge in [-0.1, -0.05) is 121 Å². The Hall–Kier alpha value is -8.32. The predicted molar refractivity (Wildman–Crippen MR) is 230 cm³/mol. The SMILES string of the molecule is N#Cc1ccc(-c2ccc3c(c2)c2cc(-c4ccc(C#N)cc4)ccc2n3-c2cccc3c2C(=O)N(c2c(-c4ccccc4)cccc2-c2ccccc2)C3=O)cc1. The number of aromatic nitrogens is 1. The van der Waals surface area contributed by atoms with E-state index >= 15 is 4.79 Å². The predicted octanol–water partition coefficient (Wildman–Crippen LogP) is 12.0. The molecule has 0 aliphatic carbocycles. The Morgan fingerprint density at radius 1 is 0.397 bits per heavy atom. The molecule has 0 saturated heterocycles. The first-order chi connectivity index (χ1) is 28.5. The van der Waals surface area contributed by atoms with Crippen LogP contribution < -0.4 is 4.90 Å². The second kappa shape index (κ2) is 13.8. The van der Waals surface area contributed by atoms with Gasteiger partial charge in [0.05, 0.1) is 56.8 Å². The van der Waals surface area contributed by atoms with Crippen LogP contribution in [0.5, 0.6) is 0 Å². The zero-order valence-corrected chi connectivity index (χ0v) is 30.9. The number of fused-ring (bicyclic) bond motifs is 4. The molecule has 9 aromatic rings. The van der Waals surface area contributed by atoms with Crippen LogP contribution in [0.4, 0.5) is 5.69 Å². The molecule has 0 unspecified atom stereocenters. The van der Waals surface area contributed by atoms with E-state index in [4.69, 9.17) is 0 Å². The summed E-state index contributed by atoms with van der Waals surface area (Å²) in [4.78, 5) is 31.3. The molecule has 0 N–H and O–H groups in total. The van der Waals surface area contributed by atoms with Gasteiger partial charge in [-0.3, -0.25) is 9.59 Å². The van der Waals surface area contributed by atoms with E-state index in [1.165, 1.54) is 4.90 Å².